The third-order valence-electron chi connectivity index (χ3n) is 3.77. The predicted octanol–water partition coefficient (Wildman–Crippen LogP) is 3.16. The van der Waals surface area contributed by atoms with Gasteiger partial charge in [-0.25, -0.2) is 0 Å². The summed E-state index contributed by atoms with van der Waals surface area (Å²) in [6.45, 7) is 8.05. The molecular formula is C14H19F3N2. The summed E-state index contributed by atoms with van der Waals surface area (Å²) in [5.41, 5.74) is 0.522. The van der Waals surface area contributed by atoms with Gasteiger partial charge in [-0.15, -0.1) is 0 Å². The van der Waals surface area contributed by atoms with Crippen molar-refractivity contribution in [2.24, 2.45) is 0 Å². The molecule has 19 heavy (non-hydrogen) atoms. The molecule has 1 aromatic carbocycles. The largest absolute Gasteiger partial charge is 0.416 e. The number of hydrogen-bond donors (Lipinski definition) is 0. The number of likely N-dealkylation sites (N-methyl/N-ethyl adjacent to an activating group) is 1. The van der Waals surface area contributed by atoms with E-state index in [0.29, 0.717) is 11.3 Å². The smallest absolute Gasteiger partial charge is 0.369 e. The van der Waals surface area contributed by atoms with Gasteiger partial charge in [-0.05, 0) is 31.2 Å². The normalized spacial score (nSPS) is 17.8. The minimum absolute atomic E-state index is 0.333. The van der Waals surface area contributed by atoms with E-state index < -0.39 is 11.7 Å². The predicted molar refractivity (Wildman–Crippen MR) is 70.5 cm³/mol. The Kier molecular flexibility index (Phi) is 4.04. The number of alkyl halides is 3. The lowest BCUT2D eigenvalue weighted by Gasteiger charge is -2.36. The first kappa shape index (κ1) is 14.2. The fourth-order valence-electron chi connectivity index (χ4n) is 2.58. The molecule has 0 radical (unpaired) electrons. The molecule has 1 aliphatic heterocycles. The Labute approximate surface area is 111 Å². The van der Waals surface area contributed by atoms with Crippen LogP contribution in [0.5, 0.6) is 0 Å². The fraction of sp³-hybridized carbons (Fsp3) is 0.571. The van der Waals surface area contributed by atoms with Crippen LogP contribution in [0.1, 0.15) is 18.1 Å². The van der Waals surface area contributed by atoms with Gasteiger partial charge in [0.2, 0.25) is 0 Å². The van der Waals surface area contributed by atoms with Crippen molar-refractivity contribution < 1.29 is 13.2 Å². The lowest BCUT2D eigenvalue weighted by molar-refractivity contribution is -0.138. The fourth-order valence-corrected chi connectivity index (χ4v) is 2.58. The molecule has 0 N–H and O–H groups in total. The second-order valence-corrected chi connectivity index (χ2v) is 4.87. The van der Waals surface area contributed by atoms with Crippen molar-refractivity contribution in [3.8, 4) is 0 Å². The molecule has 2 nitrogen and oxygen atoms in total. The third-order valence-corrected chi connectivity index (χ3v) is 3.77. The lowest BCUT2D eigenvalue weighted by atomic mass is 10.0. The molecule has 5 heteroatoms. The van der Waals surface area contributed by atoms with E-state index in [2.05, 4.69) is 16.7 Å². The summed E-state index contributed by atoms with van der Waals surface area (Å²) >= 11 is 0. The Morgan fingerprint density at radius 1 is 1.11 bits per heavy atom. The van der Waals surface area contributed by atoms with Crippen LogP contribution in [-0.2, 0) is 6.18 Å². The minimum Gasteiger partial charge on any atom is -0.369 e. The number of anilines is 1. The average molecular weight is 272 g/mol. The van der Waals surface area contributed by atoms with Crippen LogP contribution in [0.4, 0.5) is 18.9 Å². The van der Waals surface area contributed by atoms with Crippen molar-refractivity contribution in [1.82, 2.24) is 4.90 Å². The summed E-state index contributed by atoms with van der Waals surface area (Å²) in [5, 5.41) is 0. The molecule has 1 fully saturated rings. The molecule has 0 saturated carbocycles. The van der Waals surface area contributed by atoms with Gasteiger partial charge in [0.05, 0.1) is 5.56 Å². The van der Waals surface area contributed by atoms with Crippen molar-refractivity contribution in [3.05, 3.63) is 29.3 Å². The SMILES string of the molecule is CCN1CCN(c2cccc(C(F)(F)F)c2C)CC1. The van der Waals surface area contributed by atoms with Crippen molar-refractivity contribution >= 4 is 5.69 Å². The van der Waals surface area contributed by atoms with Gasteiger partial charge in [0.15, 0.2) is 0 Å². The van der Waals surface area contributed by atoms with E-state index in [-0.39, 0.29) is 0 Å². The van der Waals surface area contributed by atoms with Gasteiger partial charge in [0.1, 0.15) is 0 Å². The number of rotatable bonds is 2. The van der Waals surface area contributed by atoms with Crippen molar-refractivity contribution in [1.29, 1.82) is 0 Å². The molecule has 1 aromatic rings. The monoisotopic (exact) mass is 272 g/mol. The van der Waals surface area contributed by atoms with Gasteiger partial charge < -0.3 is 9.80 Å². The topological polar surface area (TPSA) is 6.48 Å². The van der Waals surface area contributed by atoms with Crippen molar-refractivity contribution in [2.45, 2.75) is 20.0 Å². The highest BCUT2D eigenvalue weighted by Crippen LogP contribution is 2.35. The van der Waals surface area contributed by atoms with Crippen LogP contribution in [0.25, 0.3) is 0 Å². The molecule has 0 aromatic heterocycles. The number of nitrogens with zero attached hydrogens (tertiary/aromatic N) is 2. The summed E-state index contributed by atoms with van der Waals surface area (Å²) in [7, 11) is 0. The maximum absolute atomic E-state index is 12.9. The summed E-state index contributed by atoms with van der Waals surface area (Å²) in [4.78, 5) is 4.36. The maximum atomic E-state index is 12.9. The molecule has 0 bridgehead atoms. The van der Waals surface area contributed by atoms with E-state index in [9.17, 15) is 13.2 Å². The molecule has 0 aliphatic carbocycles. The van der Waals surface area contributed by atoms with Gasteiger partial charge in [0, 0.05) is 31.9 Å². The minimum atomic E-state index is -4.27. The lowest BCUT2D eigenvalue weighted by Crippen LogP contribution is -2.46. The van der Waals surface area contributed by atoms with E-state index in [0.717, 1.165) is 38.8 Å². The second kappa shape index (κ2) is 5.41. The van der Waals surface area contributed by atoms with Crippen LogP contribution >= 0.6 is 0 Å². The number of hydrogen-bond acceptors (Lipinski definition) is 2. The molecule has 0 unspecified atom stereocenters. The Morgan fingerprint density at radius 3 is 2.26 bits per heavy atom. The van der Waals surface area contributed by atoms with Gasteiger partial charge in [-0.3, -0.25) is 0 Å². The number of piperazine rings is 1. The van der Waals surface area contributed by atoms with E-state index in [1.54, 1.807) is 13.0 Å². The number of benzene rings is 1. The number of halogens is 3. The van der Waals surface area contributed by atoms with E-state index in [1.807, 2.05) is 0 Å². The van der Waals surface area contributed by atoms with Gasteiger partial charge in [0.25, 0.3) is 0 Å². The quantitative estimate of drug-likeness (QED) is 0.816. The van der Waals surface area contributed by atoms with E-state index in [1.165, 1.54) is 6.07 Å². The zero-order valence-corrected chi connectivity index (χ0v) is 11.3. The molecule has 0 amide bonds. The van der Waals surface area contributed by atoms with Crippen molar-refractivity contribution in [2.75, 3.05) is 37.6 Å². The van der Waals surface area contributed by atoms with Gasteiger partial charge in [-0.1, -0.05) is 13.0 Å². The standard InChI is InChI=1S/C14H19F3N2/c1-3-18-7-9-19(10-8-18)13-6-4-5-12(11(13)2)14(15,16)17/h4-6H,3,7-10H2,1-2H3. The zero-order valence-electron chi connectivity index (χ0n) is 11.3. The van der Waals surface area contributed by atoms with Crippen LogP contribution < -0.4 is 4.90 Å². The molecule has 0 atom stereocenters. The van der Waals surface area contributed by atoms with Gasteiger partial charge in [-0.2, -0.15) is 13.2 Å². The highest BCUT2D eigenvalue weighted by molar-refractivity contribution is 5.57. The summed E-state index contributed by atoms with van der Waals surface area (Å²) in [5.74, 6) is 0. The molecule has 106 valence electrons. The van der Waals surface area contributed by atoms with Crippen molar-refractivity contribution in [3.63, 3.8) is 0 Å². The third kappa shape index (κ3) is 3.03. The van der Waals surface area contributed by atoms with Crippen LogP contribution in [0.3, 0.4) is 0 Å². The Bertz CT molecular complexity index is 435. The Morgan fingerprint density at radius 2 is 1.74 bits per heavy atom. The first-order chi connectivity index (χ1) is 8.93. The Hall–Kier alpha value is -1.23. The first-order valence-electron chi connectivity index (χ1n) is 6.57. The van der Waals surface area contributed by atoms with E-state index >= 15 is 0 Å². The second-order valence-electron chi connectivity index (χ2n) is 4.87. The zero-order chi connectivity index (χ0) is 14.0. The Balaban J connectivity index is 2.22. The molecule has 0 spiro atoms. The van der Waals surface area contributed by atoms with Crippen LogP contribution in [0, 0.1) is 6.92 Å². The first-order valence-corrected chi connectivity index (χ1v) is 6.57. The van der Waals surface area contributed by atoms with E-state index in [4.69, 9.17) is 0 Å². The summed E-state index contributed by atoms with van der Waals surface area (Å²) in [6.07, 6.45) is -4.27. The maximum Gasteiger partial charge on any atom is 0.416 e. The molecule has 1 heterocycles. The summed E-state index contributed by atoms with van der Waals surface area (Å²) in [6, 6.07) is 4.44. The highest BCUT2D eigenvalue weighted by Gasteiger charge is 2.33. The summed E-state index contributed by atoms with van der Waals surface area (Å²) < 4.78 is 38.7. The van der Waals surface area contributed by atoms with Crippen LogP contribution in [-0.4, -0.2) is 37.6 Å². The molecule has 2 rings (SSSR count). The highest BCUT2D eigenvalue weighted by atomic mass is 19.4. The van der Waals surface area contributed by atoms with Gasteiger partial charge >= 0.3 is 6.18 Å². The molecule has 1 aliphatic rings. The molecular weight excluding hydrogens is 253 g/mol. The van der Waals surface area contributed by atoms with Crippen LogP contribution in [0.2, 0.25) is 0 Å². The average Bonchev–Trinajstić information content (AvgIpc) is 2.38. The molecule has 1 saturated heterocycles. The van der Waals surface area contributed by atoms with Crippen LogP contribution in [0.15, 0.2) is 18.2 Å².